The van der Waals surface area contributed by atoms with Crippen molar-refractivity contribution < 1.29 is 4.39 Å². The monoisotopic (exact) mass is 404 g/mol. The molecule has 0 fully saturated rings. The molecule has 0 saturated carbocycles. The molecule has 29 heavy (non-hydrogen) atoms. The topological polar surface area (TPSA) is 34.9 Å². The van der Waals surface area contributed by atoms with Gasteiger partial charge in [-0.15, -0.1) is 11.3 Å². The third-order valence-electron chi connectivity index (χ3n) is 5.61. The van der Waals surface area contributed by atoms with Crippen LogP contribution in [0.4, 0.5) is 4.39 Å². The van der Waals surface area contributed by atoms with E-state index in [-0.39, 0.29) is 11.4 Å². The molecule has 2 aromatic heterocycles. The Balaban J connectivity index is 1.76. The molecule has 3 nitrogen and oxygen atoms in total. The van der Waals surface area contributed by atoms with Crippen molar-refractivity contribution in [2.24, 2.45) is 0 Å². The molecule has 0 radical (unpaired) electrons. The maximum Gasteiger partial charge on any atom is 0.263 e. The largest absolute Gasteiger partial charge is 0.288 e. The average Bonchev–Trinajstić information content (AvgIpc) is 3.10. The minimum Gasteiger partial charge on any atom is -0.288 e. The summed E-state index contributed by atoms with van der Waals surface area (Å²) < 4.78 is 15.1. The van der Waals surface area contributed by atoms with Crippen LogP contribution in [0.3, 0.4) is 0 Å². The number of benzene rings is 2. The molecule has 0 aliphatic heterocycles. The van der Waals surface area contributed by atoms with Crippen LogP contribution in [-0.2, 0) is 19.4 Å². The highest BCUT2D eigenvalue weighted by molar-refractivity contribution is 7.18. The number of hydrogen-bond donors (Lipinski definition) is 0. The number of nitrogens with zero attached hydrogens (tertiary/aromatic N) is 2. The van der Waals surface area contributed by atoms with Gasteiger partial charge in [0.25, 0.3) is 5.56 Å². The molecule has 4 aromatic rings. The average molecular weight is 405 g/mol. The zero-order chi connectivity index (χ0) is 20.0. The predicted molar refractivity (Wildman–Crippen MR) is 116 cm³/mol. The molecule has 0 unspecified atom stereocenters. The van der Waals surface area contributed by atoms with E-state index < -0.39 is 0 Å². The van der Waals surface area contributed by atoms with Gasteiger partial charge in [-0.05, 0) is 61.9 Å². The molecule has 1 aliphatic carbocycles. The van der Waals surface area contributed by atoms with Gasteiger partial charge in [0.2, 0.25) is 0 Å². The summed E-state index contributed by atoms with van der Waals surface area (Å²) in [6.45, 7) is 2.41. The van der Waals surface area contributed by atoms with E-state index in [0.717, 1.165) is 46.2 Å². The Hall–Kier alpha value is -2.79. The van der Waals surface area contributed by atoms with E-state index in [1.54, 1.807) is 28.0 Å². The third-order valence-corrected chi connectivity index (χ3v) is 6.79. The molecule has 0 spiro atoms. The highest BCUT2D eigenvalue weighted by atomic mass is 32.1. The number of aryl methyl sites for hydroxylation is 3. The van der Waals surface area contributed by atoms with Crippen LogP contribution >= 0.6 is 11.3 Å². The lowest BCUT2D eigenvalue weighted by molar-refractivity contribution is 0.626. The first-order chi connectivity index (χ1) is 14.1. The van der Waals surface area contributed by atoms with Crippen molar-refractivity contribution in [2.75, 3.05) is 0 Å². The van der Waals surface area contributed by atoms with Crippen LogP contribution < -0.4 is 5.56 Å². The lowest BCUT2D eigenvalue weighted by atomic mass is 9.97. The van der Waals surface area contributed by atoms with Crippen molar-refractivity contribution in [3.05, 3.63) is 86.3 Å². The number of halogens is 1. The Morgan fingerprint density at radius 1 is 1.10 bits per heavy atom. The van der Waals surface area contributed by atoms with Crippen LogP contribution in [-0.4, -0.2) is 9.55 Å². The molecule has 0 atom stereocenters. The van der Waals surface area contributed by atoms with Crippen LogP contribution in [0.15, 0.2) is 53.3 Å². The molecular formula is C24H21FN2OS. The van der Waals surface area contributed by atoms with Gasteiger partial charge in [0.05, 0.1) is 11.9 Å². The summed E-state index contributed by atoms with van der Waals surface area (Å²) in [5.74, 6) is 0.398. The summed E-state index contributed by atoms with van der Waals surface area (Å²) in [6, 6.07) is 14.4. The van der Waals surface area contributed by atoms with Gasteiger partial charge in [-0.3, -0.25) is 9.36 Å². The molecule has 5 rings (SSSR count). The quantitative estimate of drug-likeness (QED) is 0.452. The highest BCUT2D eigenvalue weighted by Gasteiger charge is 2.22. The first-order valence-corrected chi connectivity index (χ1v) is 10.8. The summed E-state index contributed by atoms with van der Waals surface area (Å²) in [5.41, 5.74) is 4.13. The van der Waals surface area contributed by atoms with E-state index in [9.17, 15) is 9.18 Å². The number of aromatic nitrogens is 2. The Morgan fingerprint density at radius 3 is 2.69 bits per heavy atom. The molecule has 0 amide bonds. The fourth-order valence-corrected chi connectivity index (χ4v) is 5.41. The zero-order valence-electron chi connectivity index (χ0n) is 16.2. The van der Waals surface area contributed by atoms with Gasteiger partial charge in [-0.2, -0.15) is 0 Å². The fourth-order valence-electron chi connectivity index (χ4n) is 4.16. The molecule has 146 valence electrons. The standard InChI is InChI=1S/C24H21FN2OS/c1-15-5-4-6-17(13-15)22-26-23-21(19-7-2-3-8-20(19)29-23)24(28)27(22)14-16-9-11-18(25)12-10-16/h4-6,9-13H,2-3,7-8,14H2,1H3. The molecule has 1 aliphatic rings. The summed E-state index contributed by atoms with van der Waals surface area (Å²) in [7, 11) is 0. The van der Waals surface area contributed by atoms with E-state index in [0.29, 0.717) is 12.4 Å². The minimum atomic E-state index is -0.277. The van der Waals surface area contributed by atoms with Crippen molar-refractivity contribution in [3.63, 3.8) is 0 Å². The maximum absolute atomic E-state index is 13.7. The van der Waals surface area contributed by atoms with Gasteiger partial charge in [0.1, 0.15) is 16.5 Å². The third kappa shape index (κ3) is 3.29. The second kappa shape index (κ2) is 7.23. The fraction of sp³-hybridized carbons (Fsp3) is 0.250. The first-order valence-electron chi connectivity index (χ1n) is 9.97. The Morgan fingerprint density at radius 2 is 1.90 bits per heavy atom. The van der Waals surface area contributed by atoms with Crippen LogP contribution in [0.25, 0.3) is 21.6 Å². The van der Waals surface area contributed by atoms with Crippen LogP contribution in [0, 0.1) is 12.7 Å². The summed E-state index contributed by atoms with van der Waals surface area (Å²) in [4.78, 5) is 20.8. The molecule has 0 N–H and O–H groups in total. The van der Waals surface area contributed by atoms with Crippen LogP contribution in [0.2, 0.25) is 0 Å². The molecule has 2 aromatic carbocycles. The van der Waals surface area contributed by atoms with Crippen LogP contribution in [0.5, 0.6) is 0 Å². The van der Waals surface area contributed by atoms with Gasteiger partial charge in [-0.1, -0.05) is 35.9 Å². The Bertz CT molecular complexity index is 1270. The SMILES string of the molecule is Cc1cccc(-c2nc3sc4c(c3c(=O)n2Cc2ccc(F)cc2)CCCC4)c1. The van der Waals surface area contributed by atoms with Crippen LogP contribution in [0.1, 0.15) is 34.4 Å². The zero-order valence-corrected chi connectivity index (χ0v) is 17.1. The van der Waals surface area contributed by atoms with E-state index in [1.807, 2.05) is 25.1 Å². The minimum absolute atomic E-state index is 0.00947. The lowest BCUT2D eigenvalue weighted by Crippen LogP contribution is -2.24. The number of thiophene rings is 1. The second-order valence-electron chi connectivity index (χ2n) is 7.71. The Kier molecular flexibility index (Phi) is 4.55. The molecule has 5 heteroatoms. The second-order valence-corrected chi connectivity index (χ2v) is 8.80. The lowest BCUT2D eigenvalue weighted by Gasteiger charge is -2.14. The van der Waals surface area contributed by atoms with Gasteiger partial charge in [0.15, 0.2) is 0 Å². The van der Waals surface area contributed by atoms with Crippen molar-refractivity contribution in [1.29, 1.82) is 0 Å². The summed E-state index contributed by atoms with van der Waals surface area (Å²) in [6.07, 6.45) is 4.28. The van der Waals surface area contributed by atoms with E-state index in [1.165, 1.54) is 29.0 Å². The van der Waals surface area contributed by atoms with Crippen molar-refractivity contribution in [2.45, 2.75) is 39.2 Å². The van der Waals surface area contributed by atoms with Gasteiger partial charge in [-0.25, -0.2) is 9.37 Å². The number of hydrogen-bond acceptors (Lipinski definition) is 3. The summed E-state index contributed by atoms with van der Waals surface area (Å²) >= 11 is 1.67. The molecule has 0 bridgehead atoms. The number of fused-ring (bicyclic) bond motifs is 3. The normalized spacial score (nSPS) is 13.6. The Labute approximate surface area is 172 Å². The van der Waals surface area contributed by atoms with Gasteiger partial charge < -0.3 is 0 Å². The number of rotatable bonds is 3. The van der Waals surface area contributed by atoms with Crippen molar-refractivity contribution in [3.8, 4) is 11.4 Å². The predicted octanol–water partition coefficient (Wildman–Crippen LogP) is 5.50. The smallest absolute Gasteiger partial charge is 0.263 e. The highest BCUT2D eigenvalue weighted by Crippen LogP contribution is 2.35. The van der Waals surface area contributed by atoms with Crippen molar-refractivity contribution >= 4 is 21.6 Å². The molecule has 2 heterocycles. The van der Waals surface area contributed by atoms with Gasteiger partial charge in [0, 0.05) is 10.4 Å². The van der Waals surface area contributed by atoms with E-state index >= 15 is 0 Å². The van der Waals surface area contributed by atoms with Gasteiger partial charge >= 0.3 is 0 Å². The molecular weight excluding hydrogens is 383 g/mol. The van der Waals surface area contributed by atoms with E-state index in [2.05, 4.69) is 6.07 Å². The van der Waals surface area contributed by atoms with E-state index in [4.69, 9.17) is 4.98 Å². The summed E-state index contributed by atoms with van der Waals surface area (Å²) in [5, 5.41) is 0.781. The maximum atomic E-state index is 13.7. The molecule has 0 saturated heterocycles. The first kappa shape index (κ1) is 18.3. The van der Waals surface area contributed by atoms with Crippen molar-refractivity contribution in [1.82, 2.24) is 9.55 Å².